The third kappa shape index (κ3) is 2.38. The zero-order chi connectivity index (χ0) is 11.7. The number of likely N-dealkylation sites (tertiary alicyclic amines) is 1. The molecule has 0 aromatic carbocycles. The van der Waals surface area contributed by atoms with E-state index in [1.54, 1.807) is 0 Å². The largest absolute Gasteiger partial charge is 0.314 e. The molecule has 0 amide bonds. The molecule has 3 nitrogen and oxygen atoms in total. The Morgan fingerprint density at radius 1 is 1.18 bits per heavy atom. The Hall–Kier alpha value is -0.120. The molecule has 2 heterocycles. The average molecular weight is 237 g/mol. The lowest BCUT2D eigenvalue weighted by Gasteiger charge is -2.50. The lowest BCUT2D eigenvalue weighted by Crippen LogP contribution is -2.52. The van der Waals surface area contributed by atoms with E-state index < -0.39 is 0 Å². The highest BCUT2D eigenvalue weighted by molar-refractivity contribution is 4.99. The number of hydrogen-bond acceptors (Lipinski definition) is 3. The smallest absolute Gasteiger partial charge is 0.0108 e. The summed E-state index contributed by atoms with van der Waals surface area (Å²) in [5.41, 5.74) is 0.697. The Morgan fingerprint density at radius 2 is 1.94 bits per heavy atom. The van der Waals surface area contributed by atoms with Crippen LogP contribution in [0.2, 0.25) is 0 Å². The standard InChI is InChI=1S/C14H27N3/c1-16-8-3-13(11-16)14(4-2-5-14)12-17-9-6-15-7-10-17/h13,15H,2-12H2,1H3. The maximum Gasteiger partial charge on any atom is 0.0108 e. The predicted molar refractivity (Wildman–Crippen MR) is 71.2 cm³/mol. The van der Waals surface area contributed by atoms with E-state index in [-0.39, 0.29) is 0 Å². The van der Waals surface area contributed by atoms with Gasteiger partial charge in [0.25, 0.3) is 0 Å². The minimum atomic E-state index is 0.697. The van der Waals surface area contributed by atoms with Crippen molar-refractivity contribution in [3.63, 3.8) is 0 Å². The fourth-order valence-electron chi connectivity index (χ4n) is 4.08. The van der Waals surface area contributed by atoms with Gasteiger partial charge in [0.2, 0.25) is 0 Å². The van der Waals surface area contributed by atoms with Crippen LogP contribution in [0.4, 0.5) is 0 Å². The molecule has 2 aliphatic heterocycles. The van der Waals surface area contributed by atoms with Gasteiger partial charge in [0, 0.05) is 39.3 Å². The molecule has 0 spiro atoms. The zero-order valence-electron chi connectivity index (χ0n) is 11.2. The fourth-order valence-corrected chi connectivity index (χ4v) is 4.08. The van der Waals surface area contributed by atoms with E-state index in [9.17, 15) is 0 Å². The first-order chi connectivity index (χ1) is 8.28. The summed E-state index contributed by atoms with van der Waals surface area (Å²) in [5, 5.41) is 3.46. The van der Waals surface area contributed by atoms with Crippen LogP contribution in [0.3, 0.4) is 0 Å². The van der Waals surface area contributed by atoms with Gasteiger partial charge in [-0.1, -0.05) is 6.42 Å². The van der Waals surface area contributed by atoms with Crippen molar-refractivity contribution in [1.29, 1.82) is 0 Å². The molecular weight excluding hydrogens is 210 g/mol. The lowest BCUT2D eigenvalue weighted by molar-refractivity contribution is 0.00664. The first-order valence-electron chi connectivity index (χ1n) is 7.40. The summed E-state index contributed by atoms with van der Waals surface area (Å²) in [5.74, 6) is 0.983. The third-order valence-corrected chi connectivity index (χ3v) is 5.35. The van der Waals surface area contributed by atoms with Crippen LogP contribution in [0.25, 0.3) is 0 Å². The van der Waals surface area contributed by atoms with Gasteiger partial charge in [-0.15, -0.1) is 0 Å². The minimum Gasteiger partial charge on any atom is -0.314 e. The topological polar surface area (TPSA) is 18.5 Å². The monoisotopic (exact) mass is 237 g/mol. The van der Waals surface area contributed by atoms with Gasteiger partial charge in [0.1, 0.15) is 0 Å². The SMILES string of the molecule is CN1CCC(C2(CN3CCNCC3)CCC2)C1. The Kier molecular flexibility index (Phi) is 3.42. The third-order valence-electron chi connectivity index (χ3n) is 5.35. The van der Waals surface area contributed by atoms with Crippen molar-refractivity contribution in [1.82, 2.24) is 15.1 Å². The van der Waals surface area contributed by atoms with E-state index in [0.717, 1.165) is 5.92 Å². The quantitative estimate of drug-likeness (QED) is 0.790. The average Bonchev–Trinajstić information content (AvgIpc) is 2.72. The molecule has 3 rings (SSSR count). The van der Waals surface area contributed by atoms with Crippen molar-refractivity contribution >= 4 is 0 Å². The molecule has 3 aliphatic rings. The Bertz CT molecular complexity index is 256. The van der Waals surface area contributed by atoms with Crippen molar-refractivity contribution in [3.05, 3.63) is 0 Å². The van der Waals surface area contributed by atoms with Gasteiger partial charge in [-0.05, 0) is 44.2 Å². The molecule has 2 saturated heterocycles. The van der Waals surface area contributed by atoms with Crippen LogP contribution in [0, 0.1) is 11.3 Å². The van der Waals surface area contributed by atoms with Crippen molar-refractivity contribution < 1.29 is 0 Å². The second-order valence-corrected chi connectivity index (χ2v) is 6.49. The molecular formula is C14H27N3. The molecule has 17 heavy (non-hydrogen) atoms. The Morgan fingerprint density at radius 3 is 2.47 bits per heavy atom. The highest BCUT2D eigenvalue weighted by Gasteiger charge is 2.46. The maximum absolute atomic E-state index is 3.46. The molecule has 1 unspecified atom stereocenters. The molecule has 3 heteroatoms. The van der Waals surface area contributed by atoms with Crippen molar-refractivity contribution in [2.75, 3.05) is 52.9 Å². The van der Waals surface area contributed by atoms with Crippen LogP contribution >= 0.6 is 0 Å². The van der Waals surface area contributed by atoms with Gasteiger partial charge in [-0.2, -0.15) is 0 Å². The summed E-state index contributed by atoms with van der Waals surface area (Å²) in [7, 11) is 2.29. The Labute approximate surface area is 106 Å². The molecule has 3 fully saturated rings. The summed E-state index contributed by atoms with van der Waals surface area (Å²) in [6.45, 7) is 8.99. The maximum atomic E-state index is 3.46. The van der Waals surface area contributed by atoms with E-state index in [2.05, 4.69) is 22.2 Å². The number of nitrogens with zero attached hydrogens (tertiary/aromatic N) is 2. The van der Waals surface area contributed by atoms with Gasteiger partial charge >= 0.3 is 0 Å². The van der Waals surface area contributed by atoms with Crippen LogP contribution < -0.4 is 5.32 Å². The van der Waals surface area contributed by atoms with E-state index >= 15 is 0 Å². The molecule has 1 atom stereocenters. The first-order valence-corrected chi connectivity index (χ1v) is 7.40. The second-order valence-electron chi connectivity index (χ2n) is 6.49. The molecule has 1 aliphatic carbocycles. The van der Waals surface area contributed by atoms with Gasteiger partial charge in [-0.25, -0.2) is 0 Å². The van der Waals surface area contributed by atoms with Gasteiger partial charge in [0.05, 0.1) is 0 Å². The van der Waals surface area contributed by atoms with Crippen LogP contribution in [-0.2, 0) is 0 Å². The Balaban J connectivity index is 1.61. The molecule has 0 bridgehead atoms. The normalized spacial score (nSPS) is 34.8. The summed E-state index contributed by atoms with van der Waals surface area (Å²) in [6, 6.07) is 0. The molecule has 1 N–H and O–H groups in total. The first kappa shape index (κ1) is 11.9. The van der Waals surface area contributed by atoms with Gasteiger partial charge < -0.3 is 15.1 Å². The van der Waals surface area contributed by atoms with E-state index in [0.29, 0.717) is 5.41 Å². The summed E-state index contributed by atoms with van der Waals surface area (Å²) < 4.78 is 0. The van der Waals surface area contributed by atoms with E-state index in [1.807, 2.05) is 0 Å². The molecule has 0 aromatic rings. The van der Waals surface area contributed by atoms with E-state index in [1.165, 1.54) is 71.5 Å². The van der Waals surface area contributed by atoms with Crippen LogP contribution in [0.1, 0.15) is 25.7 Å². The number of rotatable bonds is 3. The van der Waals surface area contributed by atoms with Crippen molar-refractivity contribution in [2.24, 2.45) is 11.3 Å². The summed E-state index contributed by atoms with van der Waals surface area (Å²) >= 11 is 0. The lowest BCUT2D eigenvalue weighted by atomic mass is 9.60. The molecule has 98 valence electrons. The van der Waals surface area contributed by atoms with Crippen LogP contribution in [0.15, 0.2) is 0 Å². The fraction of sp³-hybridized carbons (Fsp3) is 1.00. The van der Waals surface area contributed by atoms with Crippen LogP contribution in [-0.4, -0.2) is 62.7 Å². The number of nitrogens with one attached hydrogen (secondary N) is 1. The molecule has 1 saturated carbocycles. The second kappa shape index (κ2) is 4.87. The summed E-state index contributed by atoms with van der Waals surface area (Å²) in [4.78, 5) is 5.25. The highest BCUT2D eigenvalue weighted by atomic mass is 15.2. The van der Waals surface area contributed by atoms with Crippen molar-refractivity contribution in [3.8, 4) is 0 Å². The van der Waals surface area contributed by atoms with Gasteiger partial charge in [-0.3, -0.25) is 0 Å². The van der Waals surface area contributed by atoms with E-state index in [4.69, 9.17) is 0 Å². The van der Waals surface area contributed by atoms with Crippen LogP contribution in [0.5, 0.6) is 0 Å². The minimum absolute atomic E-state index is 0.697. The zero-order valence-corrected chi connectivity index (χ0v) is 11.2. The molecule has 0 radical (unpaired) electrons. The number of hydrogen-bond donors (Lipinski definition) is 1. The number of piperazine rings is 1. The van der Waals surface area contributed by atoms with Gasteiger partial charge in [0.15, 0.2) is 0 Å². The predicted octanol–water partition coefficient (Wildman–Crippen LogP) is 1.01. The molecule has 0 aromatic heterocycles. The van der Waals surface area contributed by atoms with Crippen molar-refractivity contribution in [2.45, 2.75) is 25.7 Å². The highest BCUT2D eigenvalue weighted by Crippen LogP contribution is 2.50. The summed E-state index contributed by atoms with van der Waals surface area (Å²) in [6.07, 6.45) is 5.92.